The van der Waals surface area contributed by atoms with Crippen molar-refractivity contribution < 1.29 is 14.3 Å². The summed E-state index contributed by atoms with van der Waals surface area (Å²) in [4.78, 5) is 16.4. The van der Waals surface area contributed by atoms with E-state index in [-0.39, 0.29) is 5.91 Å². The maximum absolute atomic E-state index is 12.1. The Kier molecular flexibility index (Phi) is 5.06. The maximum Gasteiger partial charge on any atom is 0.253 e. The van der Waals surface area contributed by atoms with Crippen LogP contribution in [0.4, 0.5) is 0 Å². The number of benzene rings is 1. The Balaban J connectivity index is 2.32. The second kappa shape index (κ2) is 6.80. The van der Waals surface area contributed by atoms with E-state index >= 15 is 0 Å². The number of nitrogens with zero attached hydrogens (tertiary/aromatic N) is 1. The summed E-state index contributed by atoms with van der Waals surface area (Å²) in [6.07, 6.45) is 0.922. The lowest BCUT2D eigenvalue weighted by Crippen LogP contribution is -2.25. The molecule has 0 bridgehead atoms. The number of carbonyl (C=O) groups is 1. The molecule has 0 aliphatic carbocycles. The van der Waals surface area contributed by atoms with Crippen molar-refractivity contribution in [3.63, 3.8) is 0 Å². The van der Waals surface area contributed by atoms with Crippen molar-refractivity contribution in [3.05, 3.63) is 22.2 Å². The number of aliphatic imine (C=N–C) groups is 1. The molecule has 2 N–H and O–H groups in total. The molecule has 1 aromatic carbocycles. The first-order chi connectivity index (χ1) is 10.1. The van der Waals surface area contributed by atoms with Gasteiger partial charge in [-0.3, -0.25) is 15.1 Å². The Morgan fingerprint density at radius 3 is 2.57 bits per heavy atom. The molecule has 0 radical (unpaired) electrons. The van der Waals surface area contributed by atoms with Gasteiger partial charge in [-0.15, -0.1) is 0 Å². The van der Waals surface area contributed by atoms with Crippen LogP contribution >= 0.6 is 15.9 Å². The van der Waals surface area contributed by atoms with Gasteiger partial charge in [0.15, 0.2) is 17.5 Å². The molecule has 1 atom stereocenters. The van der Waals surface area contributed by atoms with Crippen LogP contribution in [0.1, 0.15) is 24.9 Å². The summed E-state index contributed by atoms with van der Waals surface area (Å²) < 4.78 is 11.3. The molecule has 1 aliphatic heterocycles. The molecular formula is C14H18BrN3O3. The lowest BCUT2D eigenvalue weighted by atomic mass is 10.1. The number of carbonyl (C=O) groups excluding carboxylic acids is 1. The zero-order valence-electron chi connectivity index (χ0n) is 12.2. The normalized spacial score (nSPS) is 19.3. The molecule has 1 saturated heterocycles. The molecule has 2 rings (SSSR count). The Hall–Kier alpha value is -1.76. The molecule has 1 unspecified atom stereocenters. The summed E-state index contributed by atoms with van der Waals surface area (Å²) >= 11 is 3.47. The van der Waals surface area contributed by atoms with Crippen LogP contribution in [0.3, 0.4) is 0 Å². The highest BCUT2D eigenvalue weighted by Crippen LogP contribution is 2.36. The van der Waals surface area contributed by atoms with Crippen LogP contribution in [0.5, 0.6) is 11.5 Å². The molecule has 21 heavy (non-hydrogen) atoms. The van der Waals surface area contributed by atoms with Crippen LogP contribution in [-0.4, -0.2) is 32.6 Å². The van der Waals surface area contributed by atoms with Gasteiger partial charge in [0.2, 0.25) is 0 Å². The third-order valence-corrected chi connectivity index (χ3v) is 3.78. The largest absolute Gasteiger partial charge is 0.493 e. The third-order valence-electron chi connectivity index (χ3n) is 3.09. The fraction of sp³-hybridized carbons (Fsp3) is 0.429. The summed E-state index contributed by atoms with van der Waals surface area (Å²) in [5, 5.41) is 5.82. The smallest absolute Gasteiger partial charge is 0.253 e. The monoisotopic (exact) mass is 355 g/mol. The summed E-state index contributed by atoms with van der Waals surface area (Å²) in [6.45, 7) is 2.70. The second-order valence-corrected chi connectivity index (χ2v) is 5.38. The summed E-state index contributed by atoms with van der Waals surface area (Å²) in [5.74, 6) is 1.54. The Morgan fingerprint density at radius 2 is 1.95 bits per heavy atom. The highest BCUT2D eigenvalue weighted by molar-refractivity contribution is 9.10. The van der Waals surface area contributed by atoms with Crippen molar-refractivity contribution >= 4 is 27.8 Å². The number of hydrogen-bond donors (Lipinski definition) is 2. The van der Waals surface area contributed by atoms with Crippen molar-refractivity contribution in [1.29, 1.82) is 0 Å². The van der Waals surface area contributed by atoms with E-state index in [1.54, 1.807) is 26.4 Å². The number of guanidine groups is 1. The van der Waals surface area contributed by atoms with Crippen molar-refractivity contribution in [1.82, 2.24) is 10.6 Å². The minimum atomic E-state index is -0.505. The molecule has 1 aromatic rings. The SMILES string of the molecule is CCCN=C1NC(=O)C(c2cc(OC)c(OC)cc2Br)N1. The van der Waals surface area contributed by atoms with Gasteiger partial charge in [0.1, 0.15) is 6.04 Å². The molecule has 1 amide bonds. The fourth-order valence-corrected chi connectivity index (χ4v) is 2.60. The quantitative estimate of drug-likeness (QED) is 0.847. The molecule has 6 nitrogen and oxygen atoms in total. The maximum atomic E-state index is 12.1. The molecular weight excluding hydrogens is 338 g/mol. The number of methoxy groups -OCH3 is 2. The number of halogens is 1. The molecule has 1 fully saturated rings. The average Bonchev–Trinajstić information content (AvgIpc) is 2.85. The van der Waals surface area contributed by atoms with E-state index in [0.717, 1.165) is 16.5 Å². The number of amides is 1. The van der Waals surface area contributed by atoms with E-state index in [1.807, 2.05) is 6.92 Å². The van der Waals surface area contributed by atoms with Gasteiger partial charge in [-0.1, -0.05) is 22.9 Å². The highest BCUT2D eigenvalue weighted by atomic mass is 79.9. The molecule has 1 aliphatic rings. The van der Waals surface area contributed by atoms with Crippen molar-refractivity contribution in [2.24, 2.45) is 4.99 Å². The van der Waals surface area contributed by atoms with Crippen LogP contribution in [0.25, 0.3) is 0 Å². The van der Waals surface area contributed by atoms with Gasteiger partial charge in [-0.05, 0) is 18.6 Å². The molecule has 0 saturated carbocycles. The van der Waals surface area contributed by atoms with Gasteiger partial charge in [-0.25, -0.2) is 0 Å². The van der Waals surface area contributed by atoms with Gasteiger partial charge in [0.05, 0.1) is 14.2 Å². The van der Waals surface area contributed by atoms with Gasteiger partial charge in [0, 0.05) is 16.6 Å². The number of hydrogen-bond acceptors (Lipinski definition) is 4. The number of rotatable bonds is 5. The van der Waals surface area contributed by atoms with Gasteiger partial charge < -0.3 is 14.8 Å². The lowest BCUT2D eigenvalue weighted by molar-refractivity contribution is -0.120. The molecule has 114 valence electrons. The van der Waals surface area contributed by atoms with E-state index in [1.165, 1.54) is 0 Å². The number of nitrogens with one attached hydrogen (secondary N) is 2. The first kappa shape index (κ1) is 15.6. The zero-order valence-corrected chi connectivity index (χ0v) is 13.8. The van der Waals surface area contributed by atoms with Crippen LogP contribution in [0.2, 0.25) is 0 Å². The topological polar surface area (TPSA) is 72.0 Å². The van der Waals surface area contributed by atoms with Crippen molar-refractivity contribution in [2.75, 3.05) is 20.8 Å². The minimum absolute atomic E-state index is 0.141. The van der Waals surface area contributed by atoms with E-state index in [0.29, 0.717) is 24.0 Å². The Bertz CT molecular complexity index is 575. The van der Waals surface area contributed by atoms with Gasteiger partial charge >= 0.3 is 0 Å². The molecule has 7 heteroatoms. The first-order valence-corrected chi connectivity index (χ1v) is 7.43. The summed E-state index contributed by atoms with van der Waals surface area (Å²) in [5.41, 5.74) is 0.770. The van der Waals surface area contributed by atoms with Gasteiger partial charge in [-0.2, -0.15) is 0 Å². The predicted molar refractivity (Wildman–Crippen MR) is 83.9 cm³/mol. The Morgan fingerprint density at radius 1 is 1.29 bits per heavy atom. The highest BCUT2D eigenvalue weighted by Gasteiger charge is 2.31. The second-order valence-electron chi connectivity index (χ2n) is 4.53. The zero-order chi connectivity index (χ0) is 15.4. The van der Waals surface area contributed by atoms with Crippen LogP contribution in [0, 0.1) is 0 Å². The lowest BCUT2D eigenvalue weighted by Gasteiger charge is -2.15. The molecule has 1 heterocycles. The third kappa shape index (κ3) is 3.29. The molecule has 0 aromatic heterocycles. The predicted octanol–water partition coefficient (Wildman–Crippen LogP) is 1.99. The van der Waals surface area contributed by atoms with Gasteiger partial charge in [0.25, 0.3) is 5.91 Å². The Labute approximate surface area is 132 Å². The van der Waals surface area contributed by atoms with Crippen LogP contribution in [0.15, 0.2) is 21.6 Å². The van der Waals surface area contributed by atoms with Crippen molar-refractivity contribution in [3.8, 4) is 11.5 Å². The number of ether oxygens (including phenoxy) is 2. The summed E-state index contributed by atoms with van der Waals surface area (Å²) in [7, 11) is 3.13. The average molecular weight is 356 g/mol. The van der Waals surface area contributed by atoms with E-state index in [9.17, 15) is 4.79 Å². The van der Waals surface area contributed by atoms with Crippen molar-refractivity contribution in [2.45, 2.75) is 19.4 Å². The summed E-state index contributed by atoms with van der Waals surface area (Å²) in [6, 6.07) is 3.06. The molecule has 0 spiro atoms. The fourth-order valence-electron chi connectivity index (χ4n) is 2.05. The van der Waals surface area contributed by atoms with E-state index < -0.39 is 6.04 Å². The van der Waals surface area contributed by atoms with Crippen LogP contribution in [-0.2, 0) is 4.79 Å². The standard InChI is InChI=1S/C14H18BrN3O3/c1-4-5-16-14-17-12(13(19)18-14)8-6-10(20-2)11(21-3)7-9(8)15/h6-7,12H,4-5H2,1-3H3,(H2,16,17,18,19). The van der Waals surface area contributed by atoms with E-state index in [4.69, 9.17) is 9.47 Å². The first-order valence-electron chi connectivity index (χ1n) is 6.64. The minimum Gasteiger partial charge on any atom is -0.493 e. The van der Waals surface area contributed by atoms with Crippen LogP contribution < -0.4 is 20.1 Å². The van der Waals surface area contributed by atoms with E-state index in [2.05, 4.69) is 31.6 Å².